The molecule has 0 fully saturated rings. The Morgan fingerprint density at radius 3 is 2.50 bits per heavy atom. The third-order valence-electron chi connectivity index (χ3n) is 4.28. The summed E-state index contributed by atoms with van der Waals surface area (Å²) in [4.78, 5) is 15.4. The molecule has 2 aromatic carbocycles. The Morgan fingerprint density at radius 2 is 1.81 bits per heavy atom. The third kappa shape index (κ3) is 4.17. The topological polar surface area (TPSA) is 63.4 Å². The van der Waals surface area contributed by atoms with Gasteiger partial charge in [0.05, 0.1) is 13.7 Å². The molecule has 0 aliphatic heterocycles. The van der Waals surface area contributed by atoms with Gasteiger partial charge >= 0.3 is 0 Å². The molecular weight excluding hydrogens is 328 g/mol. The van der Waals surface area contributed by atoms with Gasteiger partial charge in [-0.2, -0.15) is 0 Å². The molecule has 136 valence electrons. The van der Waals surface area contributed by atoms with Gasteiger partial charge in [0, 0.05) is 17.0 Å². The number of H-pyrrole nitrogens is 1. The number of amides is 1. The van der Waals surface area contributed by atoms with Crippen LogP contribution in [0.4, 0.5) is 0 Å². The number of hydrogen-bond acceptors (Lipinski definition) is 3. The molecule has 0 bridgehead atoms. The van der Waals surface area contributed by atoms with Crippen molar-refractivity contribution in [2.45, 2.75) is 19.8 Å². The summed E-state index contributed by atoms with van der Waals surface area (Å²) in [5.74, 6) is 1.91. The lowest BCUT2D eigenvalue weighted by Crippen LogP contribution is -2.28. The number of benzene rings is 2. The van der Waals surface area contributed by atoms with Crippen molar-refractivity contribution in [3.63, 3.8) is 0 Å². The number of carbonyl (C=O) groups excluding carboxylic acids is 1. The van der Waals surface area contributed by atoms with Crippen molar-refractivity contribution in [2.24, 2.45) is 0 Å². The fourth-order valence-corrected chi connectivity index (χ4v) is 2.73. The largest absolute Gasteiger partial charge is 0.497 e. The lowest BCUT2D eigenvalue weighted by Gasteiger charge is -2.09. The van der Waals surface area contributed by atoms with Crippen LogP contribution in [0.1, 0.15) is 35.8 Å². The van der Waals surface area contributed by atoms with Gasteiger partial charge < -0.3 is 19.8 Å². The van der Waals surface area contributed by atoms with E-state index in [-0.39, 0.29) is 5.91 Å². The maximum atomic E-state index is 12.3. The van der Waals surface area contributed by atoms with Crippen molar-refractivity contribution in [3.8, 4) is 11.5 Å². The van der Waals surface area contributed by atoms with Crippen LogP contribution in [-0.2, 0) is 0 Å². The van der Waals surface area contributed by atoms with Crippen molar-refractivity contribution in [3.05, 3.63) is 59.8 Å². The van der Waals surface area contributed by atoms with Crippen molar-refractivity contribution >= 4 is 16.8 Å². The van der Waals surface area contributed by atoms with Gasteiger partial charge in [-0.15, -0.1) is 0 Å². The Bertz CT molecular complexity index is 882. The number of methoxy groups -OCH3 is 1. The number of aromatic amines is 1. The van der Waals surface area contributed by atoms with Gasteiger partial charge in [-0.1, -0.05) is 26.0 Å². The van der Waals surface area contributed by atoms with E-state index in [9.17, 15) is 4.79 Å². The normalized spacial score (nSPS) is 10.9. The van der Waals surface area contributed by atoms with Gasteiger partial charge in [-0.25, -0.2) is 0 Å². The van der Waals surface area contributed by atoms with E-state index in [4.69, 9.17) is 9.47 Å². The van der Waals surface area contributed by atoms with Crippen molar-refractivity contribution < 1.29 is 14.3 Å². The zero-order valence-electron chi connectivity index (χ0n) is 15.3. The summed E-state index contributed by atoms with van der Waals surface area (Å²) in [6, 6.07) is 15.5. The highest BCUT2D eigenvalue weighted by molar-refractivity contribution is 5.98. The smallest absolute Gasteiger partial charge is 0.267 e. The Balaban J connectivity index is 1.51. The Kier molecular flexibility index (Phi) is 5.46. The highest BCUT2D eigenvalue weighted by atomic mass is 16.5. The zero-order valence-corrected chi connectivity index (χ0v) is 15.3. The average molecular weight is 352 g/mol. The number of ether oxygens (including phenoxy) is 2. The molecule has 0 spiro atoms. The van der Waals surface area contributed by atoms with Crippen LogP contribution < -0.4 is 14.8 Å². The molecule has 0 radical (unpaired) electrons. The monoisotopic (exact) mass is 352 g/mol. The number of rotatable bonds is 7. The summed E-state index contributed by atoms with van der Waals surface area (Å²) in [6.45, 7) is 5.17. The molecule has 1 amide bonds. The Labute approximate surface area is 153 Å². The fraction of sp³-hybridized carbons (Fsp3) is 0.286. The SMILES string of the molecule is COc1ccc2cc(C(=O)NCCOc3ccc(C(C)C)cc3)[nH]c2c1. The fourth-order valence-electron chi connectivity index (χ4n) is 2.73. The second-order valence-electron chi connectivity index (χ2n) is 6.46. The van der Waals surface area contributed by atoms with Crippen LogP contribution in [0.15, 0.2) is 48.5 Å². The van der Waals surface area contributed by atoms with Crippen molar-refractivity contribution in [1.82, 2.24) is 10.3 Å². The predicted molar refractivity (Wildman–Crippen MR) is 103 cm³/mol. The predicted octanol–water partition coefficient (Wildman–Crippen LogP) is 4.11. The Morgan fingerprint density at radius 1 is 1.08 bits per heavy atom. The van der Waals surface area contributed by atoms with Gasteiger partial charge in [0.2, 0.25) is 0 Å². The first-order valence-electron chi connectivity index (χ1n) is 8.74. The average Bonchev–Trinajstić information content (AvgIpc) is 3.08. The molecule has 5 heteroatoms. The standard InChI is InChI=1S/C21H24N2O3/c1-14(2)15-4-7-17(8-5-15)26-11-10-22-21(24)20-12-16-6-9-18(25-3)13-19(16)23-20/h4-9,12-14,23H,10-11H2,1-3H3,(H,22,24). The lowest BCUT2D eigenvalue weighted by molar-refractivity contribution is 0.0943. The molecule has 0 saturated heterocycles. The number of aromatic nitrogens is 1. The van der Waals surface area contributed by atoms with Crippen LogP contribution in [0.25, 0.3) is 10.9 Å². The van der Waals surface area contributed by atoms with Crippen molar-refractivity contribution in [1.29, 1.82) is 0 Å². The van der Waals surface area contributed by atoms with E-state index in [0.29, 0.717) is 24.8 Å². The second-order valence-corrected chi connectivity index (χ2v) is 6.46. The minimum Gasteiger partial charge on any atom is -0.497 e. The van der Waals surface area contributed by atoms with E-state index in [0.717, 1.165) is 22.4 Å². The summed E-state index contributed by atoms with van der Waals surface area (Å²) in [6.07, 6.45) is 0. The third-order valence-corrected chi connectivity index (χ3v) is 4.28. The molecule has 0 atom stereocenters. The molecule has 3 rings (SSSR count). The number of carbonyl (C=O) groups is 1. The minimum atomic E-state index is -0.154. The number of fused-ring (bicyclic) bond motifs is 1. The van der Waals surface area contributed by atoms with E-state index < -0.39 is 0 Å². The summed E-state index contributed by atoms with van der Waals surface area (Å²) in [5.41, 5.74) is 2.67. The van der Waals surface area contributed by atoms with E-state index in [2.05, 4.69) is 36.3 Å². The molecule has 2 N–H and O–H groups in total. The van der Waals surface area contributed by atoms with E-state index in [1.54, 1.807) is 7.11 Å². The molecule has 1 aromatic heterocycles. The van der Waals surface area contributed by atoms with Crippen LogP contribution in [0.5, 0.6) is 11.5 Å². The molecule has 0 aliphatic rings. The lowest BCUT2D eigenvalue weighted by atomic mass is 10.0. The summed E-state index contributed by atoms with van der Waals surface area (Å²) in [7, 11) is 1.62. The maximum absolute atomic E-state index is 12.3. The van der Waals surface area contributed by atoms with Crippen molar-refractivity contribution in [2.75, 3.05) is 20.3 Å². The highest BCUT2D eigenvalue weighted by Crippen LogP contribution is 2.21. The molecule has 0 saturated carbocycles. The minimum absolute atomic E-state index is 0.154. The van der Waals surface area contributed by atoms with Crippen LogP contribution in [0.2, 0.25) is 0 Å². The first-order valence-corrected chi connectivity index (χ1v) is 8.74. The van der Waals surface area contributed by atoms with Crippen LogP contribution in [0, 0.1) is 0 Å². The van der Waals surface area contributed by atoms with Gasteiger partial charge in [0.1, 0.15) is 23.8 Å². The quantitative estimate of drug-likeness (QED) is 0.629. The van der Waals surface area contributed by atoms with E-state index >= 15 is 0 Å². The summed E-state index contributed by atoms with van der Waals surface area (Å²) >= 11 is 0. The second kappa shape index (κ2) is 7.95. The van der Waals surface area contributed by atoms with E-state index in [1.165, 1.54) is 5.56 Å². The molecule has 1 heterocycles. The van der Waals surface area contributed by atoms with Gasteiger partial charge in [-0.3, -0.25) is 4.79 Å². The highest BCUT2D eigenvalue weighted by Gasteiger charge is 2.09. The first-order chi connectivity index (χ1) is 12.6. The van der Waals surface area contributed by atoms with Crippen LogP contribution in [-0.4, -0.2) is 31.2 Å². The van der Waals surface area contributed by atoms with Gasteiger partial charge in [0.25, 0.3) is 5.91 Å². The van der Waals surface area contributed by atoms with Gasteiger partial charge in [-0.05, 0) is 41.8 Å². The first kappa shape index (κ1) is 17.9. The van der Waals surface area contributed by atoms with Gasteiger partial charge in [0.15, 0.2) is 0 Å². The summed E-state index contributed by atoms with van der Waals surface area (Å²) in [5, 5.41) is 3.83. The zero-order chi connectivity index (χ0) is 18.5. The summed E-state index contributed by atoms with van der Waals surface area (Å²) < 4.78 is 10.9. The molecule has 3 aromatic rings. The molecule has 0 aliphatic carbocycles. The van der Waals surface area contributed by atoms with Crippen LogP contribution >= 0.6 is 0 Å². The Hall–Kier alpha value is -2.95. The molecule has 5 nitrogen and oxygen atoms in total. The van der Waals surface area contributed by atoms with Crippen LogP contribution in [0.3, 0.4) is 0 Å². The number of hydrogen-bond donors (Lipinski definition) is 2. The van der Waals surface area contributed by atoms with E-state index in [1.807, 2.05) is 36.4 Å². The molecular formula is C21H24N2O3. The molecule has 26 heavy (non-hydrogen) atoms. The number of nitrogens with one attached hydrogen (secondary N) is 2. The maximum Gasteiger partial charge on any atom is 0.267 e. The molecule has 0 unspecified atom stereocenters.